The second-order valence-electron chi connectivity index (χ2n) is 7.76. The summed E-state index contributed by atoms with van der Waals surface area (Å²) in [5.74, 6) is -0.949. The van der Waals surface area contributed by atoms with Crippen molar-refractivity contribution in [2.24, 2.45) is 0 Å². The number of nitrogens with zero attached hydrogens (tertiary/aromatic N) is 1. The summed E-state index contributed by atoms with van der Waals surface area (Å²) < 4.78 is 11.3. The summed E-state index contributed by atoms with van der Waals surface area (Å²) in [7, 11) is 0. The van der Waals surface area contributed by atoms with Gasteiger partial charge in [-0.1, -0.05) is 36.4 Å². The molecule has 2 atom stereocenters. The van der Waals surface area contributed by atoms with E-state index in [0.29, 0.717) is 35.1 Å². The lowest BCUT2D eigenvalue weighted by molar-refractivity contribution is -0.140. The zero-order chi connectivity index (χ0) is 22.7. The van der Waals surface area contributed by atoms with E-state index in [9.17, 15) is 14.7 Å². The smallest absolute Gasteiger partial charge is 0.295 e. The highest BCUT2D eigenvalue weighted by Crippen LogP contribution is 2.40. The van der Waals surface area contributed by atoms with Gasteiger partial charge in [0.05, 0.1) is 17.7 Å². The molecule has 0 bridgehead atoms. The van der Waals surface area contributed by atoms with Gasteiger partial charge in [0.15, 0.2) is 0 Å². The molecule has 2 aliphatic rings. The minimum Gasteiger partial charge on any atom is -0.507 e. The molecule has 1 amide bonds. The third-order valence-electron chi connectivity index (χ3n) is 5.65. The quantitative estimate of drug-likeness (QED) is 0.289. The van der Waals surface area contributed by atoms with Gasteiger partial charge in [-0.25, -0.2) is 0 Å². The first-order chi connectivity index (χ1) is 15.5. The summed E-state index contributed by atoms with van der Waals surface area (Å²) in [5.41, 5.74) is 1.17. The number of halogens is 1. The molecule has 2 fully saturated rings. The van der Waals surface area contributed by atoms with Crippen LogP contribution in [0.2, 0.25) is 5.02 Å². The van der Waals surface area contributed by atoms with Crippen molar-refractivity contribution >= 4 is 29.1 Å². The molecule has 2 aliphatic heterocycles. The fourth-order valence-electron chi connectivity index (χ4n) is 4.09. The summed E-state index contributed by atoms with van der Waals surface area (Å²) in [4.78, 5) is 27.6. The van der Waals surface area contributed by atoms with Crippen LogP contribution in [-0.4, -0.2) is 47.6 Å². The Labute approximate surface area is 191 Å². The maximum absolute atomic E-state index is 13.1. The Hall–Kier alpha value is -3.09. The van der Waals surface area contributed by atoms with E-state index in [2.05, 4.69) is 6.58 Å². The van der Waals surface area contributed by atoms with Gasteiger partial charge in [0.2, 0.25) is 0 Å². The summed E-state index contributed by atoms with van der Waals surface area (Å²) in [6.07, 6.45) is 3.25. The Morgan fingerprint density at radius 2 is 1.91 bits per heavy atom. The Morgan fingerprint density at radius 3 is 2.53 bits per heavy atom. The molecule has 2 unspecified atom stereocenters. The second-order valence-corrected chi connectivity index (χ2v) is 8.20. The van der Waals surface area contributed by atoms with Gasteiger partial charge >= 0.3 is 0 Å². The molecule has 32 heavy (non-hydrogen) atoms. The summed E-state index contributed by atoms with van der Waals surface area (Å²) in [6.45, 7) is 4.92. The van der Waals surface area contributed by atoms with E-state index in [4.69, 9.17) is 21.1 Å². The van der Waals surface area contributed by atoms with E-state index in [1.807, 2.05) is 0 Å². The van der Waals surface area contributed by atoms with Crippen molar-refractivity contribution in [2.75, 3.05) is 19.8 Å². The normalized spacial score (nSPS) is 22.3. The van der Waals surface area contributed by atoms with Crippen molar-refractivity contribution in [1.29, 1.82) is 0 Å². The maximum atomic E-state index is 13.1. The molecule has 2 heterocycles. The van der Waals surface area contributed by atoms with Gasteiger partial charge in [-0.05, 0) is 54.8 Å². The highest BCUT2D eigenvalue weighted by Gasteiger charge is 2.47. The number of aliphatic hydroxyl groups is 1. The number of hydrogen-bond donors (Lipinski definition) is 1. The monoisotopic (exact) mass is 453 g/mol. The lowest BCUT2D eigenvalue weighted by Gasteiger charge is -2.27. The highest BCUT2D eigenvalue weighted by atomic mass is 35.5. The van der Waals surface area contributed by atoms with E-state index in [0.717, 1.165) is 12.8 Å². The molecule has 166 valence electrons. The van der Waals surface area contributed by atoms with Gasteiger partial charge in [-0.15, -0.1) is 0 Å². The van der Waals surface area contributed by atoms with Crippen LogP contribution >= 0.6 is 11.6 Å². The fourth-order valence-corrected chi connectivity index (χ4v) is 4.21. The molecule has 2 aromatic carbocycles. The second kappa shape index (κ2) is 9.59. The van der Waals surface area contributed by atoms with Gasteiger partial charge < -0.3 is 19.5 Å². The molecule has 6 nitrogen and oxygen atoms in total. The van der Waals surface area contributed by atoms with E-state index >= 15 is 0 Å². The van der Waals surface area contributed by atoms with E-state index < -0.39 is 17.7 Å². The van der Waals surface area contributed by atoms with E-state index in [-0.39, 0.29) is 24.0 Å². The van der Waals surface area contributed by atoms with E-state index in [1.54, 1.807) is 54.6 Å². The first-order valence-electron chi connectivity index (χ1n) is 10.5. The van der Waals surface area contributed by atoms with Gasteiger partial charge in [-0.3, -0.25) is 9.59 Å². The standard InChI is InChI=1S/C25H24ClNO5/c1-2-13-31-19-11-7-16(8-12-19)22-21(23(28)17-5-9-18(26)10-6-17)24(29)25(30)27(22)15-20-4-3-14-32-20/h2,5-12,20,22,28H,1,3-4,13-15H2/b23-21+. The van der Waals surface area contributed by atoms with Crippen molar-refractivity contribution in [3.8, 4) is 5.75 Å². The van der Waals surface area contributed by atoms with Crippen LogP contribution < -0.4 is 4.74 Å². The number of rotatable bonds is 7. The molecule has 0 aliphatic carbocycles. The Kier molecular flexibility index (Phi) is 6.63. The number of Topliss-reactive ketones (excluding diaryl/α,β-unsaturated/α-hetero) is 1. The Bertz CT molecular complexity index is 1040. The number of ketones is 1. The predicted octanol–water partition coefficient (Wildman–Crippen LogP) is 4.51. The molecular formula is C25H24ClNO5. The molecule has 2 aromatic rings. The lowest BCUT2D eigenvalue weighted by Crippen LogP contribution is -2.36. The number of carbonyl (C=O) groups excluding carboxylic acids is 2. The zero-order valence-electron chi connectivity index (χ0n) is 17.5. The largest absolute Gasteiger partial charge is 0.507 e. The van der Waals surface area contributed by atoms with Crippen LogP contribution in [0.1, 0.15) is 30.0 Å². The van der Waals surface area contributed by atoms with Crippen LogP contribution in [-0.2, 0) is 14.3 Å². The van der Waals surface area contributed by atoms with Crippen molar-refractivity contribution in [2.45, 2.75) is 25.0 Å². The zero-order valence-corrected chi connectivity index (χ0v) is 18.3. The first kappa shape index (κ1) is 22.1. The van der Waals surface area contributed by atoms with Crippen LogP contribution in [0.3, 0.4) is 0 Å². The van der Waals surface area contributed by atoms with Crippen LogP contribution in [0.15, 0.2) is 66.8 Å². The summed E-state index contributed by atoms with van der Waals surface area (Å²) in [6, 6.07) is 12.9. The third-order valence-corrected chi connectivity index (χ3v) is 5.90. The maximum Gasteiger partial charge on any atom is 0.295 e. The van der Waals surface area contributed by atoms with Crippen LogP contribution in [0.4, 0.5) is 0 Å². The van der Waals surface area contributed by atoms with Crippen molar-refractivity contribution < 1.29 is 24.2 Å². The van der Waals surface area contributed by atoms with Crippen molar-refractivity contribution in [1.82, 2.24) is 4.90 Å². The van der Waals surface area contributed by atoms with Crippen molar-refractivity contribution in [3.63, 3.8) is 0 Å². The highest BCUT2D eigenvalue weighted by molar-refractivity contribution is 6.46. The van der Waals surface area contributed by atoms with Gasteiger partial charge in [-0.2, -0.15) is 0 Å². The predicted molar refractivity (Wildman–Crippen MR) is 122 cm³/mol. The summed E-state index contributed by atoms with van der Waals surface area (Å²) in [5, 5.41) is 11.6. The van der Waals surface area contributed by atoms with Gasteiger partial charge in [0, 0.05) is 23.7 Å². The topological polar surface area (TPSA) is 76.1 Å². The minimum atomic E-state index is -0.733. The number of likely N-dealkylation sites (tertiary alicyclic amines) is 1. The molecular weight excluding hydrogens is 430 g/mol. The third kappa shape index (κ3) is 4.42. The molecule has 2 saturated heterocycles. The molecule has 7 heteroatoms. The average Bonchev–Trinajstić information content (AvgIpc) is 3.40. The fraction of sp³-hybridized carbons (Fsp3) is 0.280. The number of ether oxygens (including phenoxy) is 2. The molecule has 0 radical (unpaired) electrons. The molecule has 0 saturated carbocycles. The van der Waals surface area contributed by atoms with Crippen LogP contribution in [0, 0.1) is 0 Å². The number of carbonyl (C=O) groups is 2. The molecule has 1 N–H and O–H groups in total. The number of benzene rings is 2. The number of amides is 1. The van der Waals surface area contributed by atoms with Gasteiger partial charge in [0.1, 0.15) is 18.1 Å². The number of aliphatic hydroxyl groups excluding tert-OH is 1. The molecule has 0 aromatic heterocycles. The van der Waals surface area contributed by atoms with Gasteiger partial charge in [0.25, 0.3) is 11.7 Å². The van der Waals surface area contributed by atoms with E-state index in [1.165, 1.54) is 4.90 Å². The molecule has 4 rings (SSSR count). The number of hydrogen-bond acceptors (Lipinski definition) is 5. The summed E-state index contributed by atoms with van der Waals surface area (Å²) >= 11 is 5.96. The lowest BCUT2D eigenvalue weighted by atomic mass is 9.95. The van der Waals surface area contributed by atoms with Crippen LogP contribution in [0.25, 0.3) is 5.76 Å². The first-order valence-corrected chi connectivity index (χ1v) is 10.9. The van der Waals surface area contributed by atoms with Crippen LogP contribution in [0.5, 0.6) is 5.75 Å². The SMILES string of the molecule is C=CCOc1ccc(C2/C(=C(\O)c3ccc(Cl)cc3)C(=O)C(=O)N2CC2CCCO2)cc1. The molecule has 0 spiro atoms. The average molecular weight is 454 g/mol. The minimum absolute atomic E-state index is 0.0510. The Balaban J connectivity index is 1.76. The van der Waals surface area contributed by atoms with Crippen molar-refractivity contribution in [3.05, 3.63) is 82.9 Å². The Morgan fingerprint density at radius 1 is 1.19 bits per heavy atom.